The Bertz CT molecular complexity index is 110. The zero-order valence-corrected chi connectivity index (χ0v) is 5.77. The first-order chi connectivity index (χ1) is 3.68. The molecule has 8 heavy (non-hydrogen) atoms. The van der Waals surface area contributed by atoms with Crippen LogP contribution in [0.5, 0.6) is 0 Å². The van der Waals surface area contributed by atoms with Gasteiger partial charge in [0.2, 0.25) is 0 Å². The van der Waals surface area contributed by atoms with Gasteiger partial charge in [0.05, 0.1) is 6.34 Å². The van der Waals surface area contributed by atoms with Gasteiger partial charge in [-0.15, -0.1) is 0 Å². The molecule has 0 radical (unpaired) electrons. The summed E-state index contributed by atoms with van der Waals surface area (Å²) in [6.45, 7) is 0. The highest BCUT2D eigenvalue weighted by Crippen LogP contribution is 1.72. The summed E-state index contributed by atoms with van der Waals surface area (Å²) in [5.74, 6) is 0. The lowest BCUT2D eigenvalue weighted by molar-refractivity contribution is 0.781. The fourth-order valence-electron chi connectivity index (χ4n) is 0.230. The summed E-state index contributed by atoms with van der Waals surface area (Å²) in [7, 11) is 3.41. The van der Waals surface area contributed by atoms with Gasteiger partial charge in [0.15, 0.2) is 5.11 Å². The van der Waals surface area contributed by atoms with Crippen LogP contribution in [0.4, 0.5) is 0 Å². The molecule has 0 fully saturated rings. The quantitative estimate of drug-likeness (QED) is 0.305. The second kappa shape index (κ2) is 3.37. The van der Waals surface area contributed by atoms with Gasteiger partial charge in [0, 0.05) is 14.1 Å². The Morgan fingerprint density at radius 3 is 2.50 bits per heavy atom. The van der Waals surface area contributed by atoms with E-state index in [4.69, 9.17) is 5.73 Å². The molecule has 0 bridgehead atoms. The van der Waals surface area contributed by atoms with Crippen LogP contribution in [0.25, 0.3) is 0 Å². The summed E-state index contributed by atoms with van der Waals surface area (Å²) in [4.78, 5) is 5.26. The van der Waals surface area contributed by atoms with E-state index in [2.05, 4.69) is 17.2 Å². The van der Waals surface area contributed by atoms with Crippen molar-refractivity contribution in [3.8, 4) is 0 Å². The molecule has 0 unspecified atom stereocenters. The van der Waals surface area contributed by atoms with Gasteiger partial charge in [-0.3, -0.25) is 4.99 Å². The minimum atomic E-state index is 0.329. The van der Waals surface area contributed by atoms with Gasteiger partial charge in [-0.05, 0) is 12.2 Å². The standard InChI is InChI=1S/C4H9N3S/c1-6-3-7(2)4(5)8/h3H,1-2H3,(H2,5,8). The Morgan fingerprint density at radius 2 is 2.38 bits per heavy atom. The molecule has 0 aliphatic heterocycles. The summed E-state index contributed by atoms with van der Waals surface area (Å²) >= 11 is 4.60. The van der Waals surface area contributed by atoms with E-state index < -0.39 is 0 Å². The van der Waals surface area contributed by atoms with Gasteiger partial charge in [-0.2, -0.15) is 0 Å². The van der Waals surface area contributed by atoms with Gasteiger partial charge in [0.1, 0.15) is 0 Å². The number of thiocarbonyl (C=S) groups is 1. The fourth-order valence-corrected chi connectivity index (χ4v) is 0.277. The van der Waals surface area contributed by atoms with Crippen LogP contribution in [-0.4, -0.2) is 30.4 Å². The lowest BCUT2D eigenvalue weighted by atomic mass is 10.9. The monoisotopic (exact) mass is 131 g/mol. The Hall–Kier alpha value is -0.640. The molecule has 3 nitrogen and oxygen atoms in total. The highest BCUT2D eigenvalue weighted by Gasteiger charge is 1.89. The van der Waals surface area contributed by atoms with Crippen LogP contribution in [0.2, 0.25) is 0 Å². The van der Waals surface area contributed by atoms with Crippen LogP contribution in [0.1, 0.15) is 0 Å². The van der Waals surface area contributed by atoms with Crippen LogP contribution in [-0.2, 0) is 0 Å². The summed E-state index contributed by atoms with van der Waals surface area (Å²) in [5, 5.41) is 0.329. The molecule has 2 N–H and O–H groups in total. The van der Waals surface area contributed by atoms with E-state index in [1.807, 2.05) is 0 Å². The maximum atomic E-state index is 5.19. The zero-order chi connectivity index (χ0) is 6.57. The van der Waals surface area contributed by atoms with Gasteiger partial charge in [0.25, 0.3) is 0 Å². The van der Waals surface area contributed by atoms with Crippen molar-refractivity contribution in [2.24, 2.45) is 10.7 Å². The number of hydrogen-bond donors (Lipinski definition) is 1. The zero-order valence-electron chi connectivity index (χ0n) is 4.96. The average molecular weight is 131 g/mol. The molecule has 0 aliphatic rings. The van der Waals surface area contributed by atoms with Crippen molar-refractivity contribution in [1.29, 1.82) is 0 Å². The molecule has 0 rings (SSSR count). The molecule has 0 atom stereocenters. The van der Waals surface area contributed by atoms with Gasteiger partial charge < -0.3 is 10.6 Å². The van der Waals surface area contributed by atoms with E-state index in [-0.39, 0.29) is 0 Å². The van der Waals surface area contributed by atoms with Gasteiger partial charge in [-0.25, -0.2) is 0 Å². The minimum absolute atomic E-state index is 0.329. The number of hydrogen-bond acceptors (Lipinski definition) is 2. The molecule has 0 aromatic heterocycles. The SMILES string of the molecule is CN=CN(C)C(N)=S. The number of rotatable bonds is 1. The van der Waals surface area contributed by atoms with E-state index in [1.165, 1.54) is 0 Å². The fraction of sp³-hybridized carbons (Fsp3) is 0.500. The molecule has 0 heterocycles. The third-order valence-corrected chi connectivity index (χ3v) is 0.924. The molecule has 0 amide bonds. The van der Waals surface area contributed by atoms with Gasteiger partial charge in [-0.1, -0.05) is 0 Å². The van der Waals surface area contributed by atoms with E-state index in [0.717, 1.165) is 0 Å². The normalized spacial score (nSPS) is 9.75. The second-order valence-corrected chi connectivity index (χ2v) is 1.74. The molecular formula is C4H9N3S. The Balaban J connectivity index is 3.64. The lowest BCUT2D eigenvalue weighted by Crippen LogP contribution is -2.30. The summed E-state index contributed by atoms with van der Waals surface area (Å²) in [5.41, 5.74) is 5.19. The van der Waals surface area contributed by atoms with Crippen LogP contribution < -0.4 is 5.73 Å². The van der Waals surface area contributed by atoms with E-state index in [0.29, 0.717) is 5.11 Å². The van der Waals surface area contributed by atoms with Crippen molar-refractivity contribution < 1.29 is 0 Å². The highest BCUT2D eigenvalue weighted by molar-refractivity contribution is 7.80. The maximum Gasteiger partial charge on any atom is 0.171 e. The molecule has 0 spiro atoms. The van der Waals surface area contributed by atoms with E-state index in [1.54, 1.807) is 25.3 Å². The van der Waals surface area contributed by atoms with Crippen LogP contribution in [0.15, 0.2) is 4.99 Å². The van der Waals surface area contributed by atoms with Gasteiger partial charge >= 0.3 is 0 Å². The van der Waals surface area contributed by atoms with Crippen LogP contribution in [0.3, 0.4) is 0 Å². The topological polar surface area (TPSA) is 41.6 Å². The van der Waals surface area contributed by atoms with Crippen molar-refractivity contribution in [3.63, 3.8) is 0 Å². The van der Waals surface area contributed by atoms with Crippen molar-refractivity contribution in [2.45, 2.75) is 0 Å². The second-order valence-electron chi connectivity index (χ2n) is 1.32. The third-order valence-electron chi connectivity index (χ3n) is 0.636. The van der Waals surface area contributed by atoms with E-state index in [9.17, 15) is 0 Å². The third kappa shape index (κ3) is 2.52. The lowest BCUT2D eigenvalue weighted by Gasteiger charge is -2.07. The van der Waals surface area contributed by atoms with E-state index >= 15 is 0 Å². The predicted octanol–water partition coefficient (Wildman–Crippen LogP) is -0.180. The highest BCUT2D eigenvalue weighted by atomic mass is 32.1. The first-order valence-corrected chi connectivity index (χ1v) is 2.54. The van der Waals surface area contributed by atoms with Crippen molar-refractivity contribution in [2.75, 3.05) is 14.1 Å². The summed E-state index contributed by atoms with van der Waals surface area (Å²) in [6.07, 6.45) is 1.56. The first-order valence-electron chi connectivity index (χ1n) is 2.13. The average Bonchev–Trinajstić information content (AvgIpc) is 1.67. The van der Waals surface area contributed by atoms with Crippen molar-refractivity contribution in [1.82, 2.24) is 4.90 Å². The Morgan fingerprint density at radius 1 is 1.88 bits per heavy atom. The first kappa shape index (κ1) is 7.36. The number of nitrogens with two attached hydrogens (primary N) is 1. The predicted molar refractivity (Wildman–Crippen MR) is 39.0 cm³/mol. The van der Waals surface area contributed by atoms with Crippen LogP contribution in [0, 0.1) is 0 Å². The van der Waals surface area contributed by atoms with Crippen LogP contribution >= 0.6 is 12.2 Å². The molecule has 0 aromatic rings. The summed E-state index contributed by atoms with van der Waals surface area (Å²) < 4.78 is 0. The molecular weight excluding hydrogens is 122 g/mol. The molecule has 0 saturated heterocycles. The molecule has 46 valence electrons. The molecule has 0 aromatic carbocycles. The van der Waals surface area contributed by atoms with Crippen molar-refractivity contribution >= 4 is 23.7 Å². The molecule has 4 heteroatoms. The molecule has 0 saturated carbocycles. The minimum Gasteiger partial charge on any atom is -0.376 e. The van der Waals surface area contributed by atoms with Crippen molar-refractivity contribution in [3.05, 3.63) is 0 Å². The maximum absolute atomic E-state index is 5.19. The molecule has 0 aliphatic carbocycles. The number of aliphatic imine (C=N–C) groups is 1. The summed E-state index contributed by atoms with van der Waals surface area (Å²) in [6, 6.07) is 0. The largest absolute Gasteiger partial charge is 0.376 e. The Labute approximate surface area is 54.2 Å². The number of nitrogens with zero attached hydrogens (tertiary/aromatic N) is 2. The smallest absolute Gasteiger partial charge is 0.171 e. The Kier molecular flexibility index (Phi) is 3.10.